The van der Waals surface area contributed by atoms with E-state index in [0.29, 0.717) is 22.8 Å². The SMILES string of the molecule is O=C1c2c(ccc3ccccc23)OC2C3=C(C=CC12)OCO3. The summed E-state index contributed by atoms with van der Waals surface area (Å²) < 4.78 is 17.0. The van der Waals surface area contributed by atoms with Gasteiger partial charge in [-0.15, -0.1) is 0 Å². The summed E-state index contributed by atoms with van der Waals surface area (Å²) in [7, 11) is 0. The van der Waals surface area contributed by atoms with Gasteiger partial charge in [-0.2, -0.15) is 0 Å². The largest absolute Gasteiger partial charge is 0.480 e. The molecule has 0 bridgehead atoms. The van der Waals surface area contributed by atoms with E-state index in [4.69, 9.17) is 14.2 Å². The molecule has 0 aromatic heterocycles. The minimum atomic E-state index is -0.427. The third-order valence-electron chi connectivity index (χ3n) is 4.41. The third kappa shape index (κ3) is 1.44. The maximum Gasteiger partial charge on any atom is 0.231 e. The minimum Gasteiger partial charge on any atom is -0.480 e. The molecule has 3 aliphatic rings. The fraction of sp³-hybridized carbons (Fsp3) is 0.167. The predicted octanol–water partition coefficient (Wildman–Crippen LogP) is 3.19. The van der Waals surface area contributed by atoms with Crippen LogP contribution in [0.4, 0.5) is 0 Å². The maximum atomic E-state index is 13.0. The normalized spacial score (nSPS) is 25.0. The molecule has 108 valence electrons. The van der Waals surface area contributed by atoms with Crippen LogP contribution >= 0.6 is 0 Å². The van der Waals surface area contributed by atoms with Gasteiger partial charge < -0.3 is 14.2 Å². The van der Waals surface area contributed by atoms with E-state index in [2.05, 4.69) is 0 Å². The zero-order valence-corrected chi connectivity index (χ0v) is 11.6. The summed E-state index contributed by atoms with van der Waals surface area (Å²) >= 11 is 0. The lowest BCUT2D eigenvalue weighted by Crippen LogP contribution is -2.39. The van der Waals surface area contributed by atoms with Crippen molar-refractivity contribution in [2.24, 2.45) is 5.92 Å². The smallest absolute Gasteiger partial charge is 0.231 e. The number of hydrogen-bond acceptors (Lipinski definition) is 4. The molecule has 0 radical (unpaired) electrons. The van der Waals surface area contributed by atoms with Gasteiger partial charge in [-0.25, -0.2) is 0 Å². The Morgan fingerprint density at radius 1 is 1.05 bits per heavy atom. The first-order valence-corrected chi connectivity index (χ1v) is 7.23. The monoisotopic (exact) mass is 292 g/mol. The van der Waals surface area contributed by atoms with Gasteiger partial charge in [0, 0.05) is 0 Å². The van der Waals surface area contributed by atoms with Crippen LogP contribution in [-0.4, -0.2) is 18.7 Å². The highest BCUT2D eigenvalue weighted by Gasteiger charge is 2.44. The molecule has 0 N–H and O–H groups in total. The summed E-state index contributed by atoms with van der Waals surface area (Å²) in [6, 6.07) is 11.7. The first kappa shape index (κ1) is 11.9. The topological polar surface area (TPSA) is 44.8 Å². The molecular formula is C18H12O4. The predicted molar refractivity (Wildman–Crippen MR) is 79.4 cm³/mol. The van der Waals surface area contributed by atoms with Gasteiger partial charge in [0.2, 0.25) is 6.79 Å². The van der Waals surface area contributed by atoms with Crippen molar-refractivity contribution in [3.8, 4) is 5.75 Å². The minimum absolute atomic E-state index is 0.0707. The molecule has 0 fully saturated rings. The lowest BCUT2D eigenvalue weighted by molar-refractivity contribution is 0.0400. The molecule has 0 amide bonds. The first-order valence-electron chi connectivity index (χ1n) is 7.23. The van der Waals surface area contributed by atoms with Crippen LogP contribution in [0.15, 0.2) is 60.1 Å². The Morgan fingerprint density at radius 2 is 1.95 bits per heavy atom. The summed E-state index contributed by atoms with van der Waals surface area (Å²) in [6.07, 6.45) is 3.23. The number of hydrogen-bond donors (Lipinski definition) is 0. The van der Waals surface area contributed by atoms with Crippen LogP contribution in [0.2, 0.25) is 0 Å². The molecule has 0 saturated carbocycles. The summed E-state index contributed by atoms with van der Waals surface area (Å²) in [5.74, 6) is 1.61. The van der Waals surface area contributed by atoms with Gasteiger partial charge in [0.15, 0.2) is 23.4 Å². The van der Waals surface area contributed by atoms with Crippen molar-refractivity contribution in [2.75, 3.05) is 6.79 Å². The molecule has 1 aliphatic carbocycles. The molecule has 2 atom stereocenters. The summed E-state index contributed by atoms with van der Waals surface area (Å²) in [5, 5.41) is 1.97. The molecule has 4 heteroatoms. The van der Waals surface area contributed by atoms with Gasteiger partial charge in [0.1, 0.15) is 5.75 Å². The maximum absolute atomic E-state index is 13.0. The van der Waals surface area contributed by atoms with Crippen molar-refractivity contribution in [3.05, 3.63) is 65.6 Å². The van der Waals surface area contributed by atoms with Crippen LogP contribution in [0.3, 0.4) is 0 Å². The average Bonchev–Trinajstić information content (AvgIpc) is 3.03. The number of carbonyl (C=O) groups excluding carboxylic acids is 1. The number of benzene rings is 2. The van der Waals surface area contributed by atoms with E-state index in [1.54, 1.807) is 6.08 Å². The molecule has 5 rings (SSSR count). The number of fused-ring (bicyclic) bond motifs is 5. The fourth-order valence-corrected chi connectivity index (χ4v) is 3.37. The van der Waals surface area contributed by atoms with Crippen LogP contribution in [0, 0.1) is 5.92 Å². The quantitative estimate of drug-likeness (QED) is 0.748. The van der Waals surface area contributed by atoms with Crippen molar-refractivity contribution in [1.82, 2.24) is 0 Å². The van der Waals surface area contributed by atoms with Crippen molar-refractivity contribution in [3.63, 3.8) is 0 Å². The fourth-order valence-electron chi connectivity index (χ4n) is 3.37. The molecule has 0 saturated heterocycles. The highest BCUT2D eigenvalue weighted by Crippen LogP contribution is 2.42. The molecule has 4 nitrogen and oxygen atoms in total. The zero-order chi connectivity index (χ0) is 14.7. The van der Waals surface area contributed by atoms with Gasteiger partial charge in [-0.1, -0.05) is 36.4 Å². The second kappa shape index (κ2) is 4.13. The van der Waals surface area contributed by atoms with Crippen molar-refractivity contribution in [2.45, 2.75) is 6.10 Å². The lowest BCUT2D eigenvalue weighted by Gasteiger charge is -2.32. The molecule has 2 aliphatic heterocycles. The Kier molecular flexibility index (Phi) is 2.23. The van der Waals surface area contributed by atoms with E-state index >= 15 is 0 Å². The highest BCUT2D eigenvalue weighted by atomic mass is 16.7. The van der Waals surface area contributed by atoms with Gasteiger partial charge in [-0.3, -0.25) is 4.79 Å². The molecule has 2 aromatic rings. The van der Waals surface area contributed by atoms with E-state index in [1.165, 1.54) is 0 Å². The van der Waals surface area contributed by atoms with E-state index in [9.17, 15) is 4.79 Å². The Morgan fingerprint density at radius 3 is 2.91 bits per heavy atom. The Labute approximate surface area is 126 Å². The van der Waals surface area contributed by atoms with Crippen LogP contribution < -0.4 is 4.74 Å². The van der Waals surface area contributed by atoms with Crippen LogP contribution in [0.5, 0.6) is 5.75 Å². The van der Waals surface area contributed by atoms with E-state index in [1.807, 2.05) is 42.5 Å². The molecule has 2 unspecified atom stereocenters. The number of carbonyl (C=O) groups is 1. The number of Topliss-reactive ketones (excluding diaryl/α,β-unsaturated/α-hetero) is 1. The Balaban J connectivity index is 1.72. The van der Waals surface area contributed by atoms with Crippen LogP contribution in [0.1, 0.15) is 10.4 Å². The Hall–Kier alpha value is -2.75. The summed E-state index contributed by atoms with van der Waals surface area (Å²) in [6.45, 7) is 0.181. The second-order valence-electron chi connectivity index (χ2n) is 5.58. The van der Waals surface area contributed by atoms with E-state index < -0.39 is 6.10 Å². The van der Waals surface area contributed by atoms with Gasteiger partial charge in [0.05, 0.1) is 11.5 Å². The van der Waals surface area contributed by atoms with Gasteiger partial charge in [-0.05, 0) is 22.9 Å². The second-order valence-corrected chi connectivity index (χ2v) is 5.58. The standard InChI is InChI=1S/C18H12O4/c19-16-12-6-8-14-18(21-9-20-14)17(12)22-13-7-5-10-3-1-2-4-11(10)15(13)16/h1-8,12,17H,9H2. The molecule has 22 heavy (non-hydrogen) atoms. The molecular weight excluding hydrogens is 280 g/mol. The number of rotatable bonds is 0. The number of ketones is 1. The average molecular weight is 292 g/mol. The third-order valence-corrected chi connectivity index (χ3v) is 4.41. The summed E-state index contributed by atoms with van der Waals surface area (Å²) in [5.41, 5.74) is 0.659. The van der Waals surface area contributed by atoms with E-state index in [0.717, 1.165) is 10.8 Å². The van der Waals surface area contributed by atoms with E-state index in [-0.39, 0.29) is 18.5 Å². The van der Waals surface area contributed by atoms with Crippen molar-refractivity contribution in [1.29, 1.82) is 0 Å². The summed E-state index contributed by atoms with van der Waals surface area (Å²) in [4.78, 5) is 13.0. The first-order chi connectivity index (χ1) is 10.8. The molecule has 2 aromatic carbocycles. The highest BCUT2D eigenvalue weighted by molar-refractivity contribution is 6.13. The number of allylic oxidation sites excluding steroid dienone is 1. The van der Waals surface area contributed by atoms with Crippen LogP contribution in [-0.2, 0) is 9.47 Å². The zero-order valence-electron chi connectivity index (χ0n) is 11.6. The van der Waals surface area contributed by atoms with Crippen molar-refractivity contribution < 1.29 is 19.0 Å². The molecule has 0 spiro atoms. The van der Waals surface area contributed by atoms with Gasteiger partial charge >= 0.3 is 0 Å². The lowest BCUT2D eigenvalue weighted by atomic mass is 9.83. The van der Waals surface area contributed by atoms with Crippen molar-refractivity contribution >= 4 is 16.6 Å². The number of ether oxygens (including phenoxy) is 3. The van der Waals surface area contributed by atoms with Crippen LogP contribution in [0.25, 0.3) is 10.8 Å². The Bertz CT molecular complexity index is 878. The van der Waals surface area contributed by atoms with Gasteiger partial charge in [0.25, 0.3) is 0 Å². The molecule has 2 heterocycles.